The van der Waals surface area contributed by atoms with Gasteiger partial charge in [-0.15, -0.1) is 13.2 Å². The highest BCUT2D eigenvalue weighted by atomic mass is 19.4. The maximum atomic E-state index is 12.0. The zero-order chi connectivity index (χ0) is 13.8. The number of alkyl halides is 3. The summed E-state index contributed by atoms with van der Waals surface area (Å²) in [7, 11) is 1.29. The van der Waals surface area contributed by atoms with E-state index in [1.54, 1.807) is 0 Å². The summed E-state index contributed by atoms with van der Waals surface area (Å²) >= 11 is 0. The molecule has 5 nitrogen and oxygen atoms in total. The van der Waals surface area contributed by atoms with Gasteiger partial charge in [-0.05, 0) is 12.1 Å². The quantitative estimate of drug-likeness (QED) is 0.828. The van der Waals surface area contributed by atoms with Crippen LogP contribution in [0.4, 0.5) is 13.2 Å². The smallest absolute Gasteiger partial charge is 0.478 e. The number of hydrogen-bond acceptors (Lipinski definition) is 4. The van der Waals surface area contributed by atoms with E-state index in [1.165, 1.54) is 7.11 Å². The molecule has 0 fully saturated rings. The van der Waals surface area contributed by atoms with Gasteiger partial charge >= 0.3 is 12.3 Å². The molecule has 0 aliphatic heterocycles. The predicted molar refractivity (Wildman–Crippen MR) is 52.6 cm³/mol. The van der Waals surface area contributed by atoms with Crippen LogP contribution >= 0.6 is 0 Å². The fourth-order valence-electron chi connectivity index (χ4n) is 1.12. The van der Waals surface area contributed by atoms with E-state index in [9.17, 15) is 18.0 Å². The van der Waals surface area contributed by atoms with Crippen molar-refractivity contribution in [1.29, 1.82) is 0 Å². The Morgan fingerprint density at radius 2 is 2.06 bits per heavy atom. The minimum Gasteiger partial charge on any atom is -0.478 e. The number of carboxylic acids is 1. The van der Waals surface area contributed by atoms with Crippen LogP contribution in [0.2, 0.25) is 0 Å². The standard InChI is InChI=1S/C10H9F3O5/c1-16-5-17-8-4-6(18-10(11,12)13)2-3-7(8)9(14)15/h2-4H,5H2,1H3,(H,14,15). The van der Waals surface area contributed by atoms with Gasteiger partial charge in [0.2, 0.25) is 0 Å². The van der Waals surface area contributed by atoms with Crippen molar-refractivity contribution in [2.75, 3.05) is 13.9 Å². The molecule has 0 saturated heterocycles. The van der Waals surface area contributed by atoms with Crippen LogP contribution in [0.1, 0.15) is 10.4 Å². The molecule has 0 unspecified atom stereocenters. The third-order valence-corrected chi connectivity index (χ3v) is 1.75. The number of carbonyl (C=O) groups is 1. The second kappa shape index (κ2) is 5.58. The van der Waals surface area contributed by atoms with Crippen molar-refractivity contribution in [2.45, 2.75) is 6.36 Å². The fourth-order valence-corrected chi connectivity index (χ4v) is 1.12. The maximum absolute atomic E-state index is 12.0. The first-order chi connectivity index (χ1) is 8.33. The van der Waals surface area contributed by atoms with Gasteiger partial charge in [0.15, 0.2) is 6.79 Å². The molecule has 1 N–H and O–H groups in total. The third kappa shape index (κ3) is 4.13. The summed E-state index contributed by atoms with van der Waals surface area (Å²) in [6.07, 6.45) is -4.86. The van der Waals surface area contributed by atoms with Crippen molar-refractivity contribution in [2.24, 2.45) is 0 Å². The Bertz CT molecular complexity index is 430. The van der Waals surface area contributed by atoms with Gasteiger partial charge in [-0.2, -0.15) is 0 Å². The van der Waals surface area contributed by atoms with Crippen molar-refractivity contribution >= 4 is 5.97 Å². The lowest BCUT2D eigenvalue weighted by atomic mass is 10.2. The maximum Gasteiger partial charge on any atom is 0.573 e. The number of carboxylic acid groups (broad SMARTS) is 1. The zero-order valence-corrected chi connectivity index (χ0v) is 9.15. The number of hydrogen-bond donors (Lipinski definition) is 1. The molecule has 0 heterocycles. The van der Waals surface area contributed by atoms with E-state index >= 15 is 0 Å². The van der Waals surface area contributed by atoms with Crippen LogP contribution in [0.3, 0.4) is 0 Å². The van der Waals surface area contributed by atoms with Gasteiger partial charge in [0.25, 0.3) is 0 Å². The van der Waals surface area contributed by atoms with Gasteiger partial charge in [-0.1, -0.05) is 0 Å². The molecule has 0 aliphatic rings. The topological polar surface area (TPSA) is 65.0 Å². The van der Waals surface area contributed by atoms with Crippen LogP contribution in [-0.4, -0.2) is 31.3 Å². The molecule has 1 aromatic rings. The van der Waals surface area contributed by atoms with E-state index in [0.717, 1.165) is 18.2 Å². The van der Waals surface area contributed by atoms with Crippen molar-refractivity contribution in [3.05, 3.63) is 23.8 Å². The van der Waals surface area contributed by atoms with Crippen LogP contribution in [0.25, 0.3) is 0 Å². The molecular weight excluding hydrogens is 257 g/mol. The summed E-state index contributed by atoms with van der Waals surface area (Å²) in [5.74, 6) is -2.18. The number of ether oxygens (including phenoxy) is 3. The van der Waals surface area contributed by atoms with E-state index in [4.69, 9.17) is 9.84 Å². The average molecular weight is 266 g/mol. The van der Waals surface area contributed by atoms with Crippen molar-refractivity contribution in [3.8, 4) is 11.5 Å². The van der Waals surface area contributed by atoms with Crippen LogP contribution in [0, 0.1) is 0 Å². The van der Waals surface area contributed by atoms with Crippen molar-refractivity contribution in [3.63, 3.8) is 0 Å². The average Bonchev–Trinajstić information content (AvgIpc) is 2.23. The Labute approximate surface area is 99.7 Å². The van der Waals surface area contributed by atoms with E-state index < -0.39 is 18.1 Å². The Hall–Kier alpha value is -1.96. The van der Waals surface area contributed by atoms with Gasteiger partial charge < -0.3 is 19.3 Å². The van der Waals surface area contributed by atoms with Gasteiger partial charge in [0, 0.05) is 13.2 Å². The number of aromatic carboxylic acids is 1. The van der Waals surface area contributed by atoms with Crippen LogP contribution in [-0.2, 0) is 4.74 Å². The van der Waals surface area contributed by atoms with Crippen LogP contribution in [0.5, 0.6) is 11.5 Å². The molecule has 0 radical (unpaired) electrons. The minimum atomic E-state index is -4.86. The predicted octanol–water partition coefficient (Wildman–Crippen LogP) is 2.27. The lowest BCUT2D eigenvalue weighted by molar-refractivity contribution is -0.274. The molecule has 0 spiro atoms. The summed E-state index contributed by atoms with van der Waals surface area (Å²) < 4.78 is 49.0. The fraction of sp³-hybridized carbons (Fsp3) is 0.300. The first-order valence-corrected chi connectivity index (χ1v) is 4.58. The molecule has 1 aromatic carbocycles. The lowest BCUT2D eigenvalue weighted by Gasteiger charge is -2.12. The molecule has 0 atom stereocenters. The molecule has 0 aliphatic carbocycles. The number of halogens is 3. The summed E-state index contributed by atoms with van der Waals surface area (Å²) in [5, 5.41) is 8.80. The Kier molecular flexibility index (Phi) is 4.38. The Morgan fingerprint density at radius 1 is 1.39 bits per heavy atom. The molecule has 8 heteroatoms. The monoisotopic (exact) mass is 266 g/mol. The molecule has 1 rings (SSSR count). The summed E-state index contributed by atoms with van der Waals surface area (Å²) in [6.45, 7) is -0.296. The largest absolute Gasteiger partial charge is 0.573 e. The van der Waals surface area contributed by atoms with Gasteiger partial charge in [-0.25, -0.2) is 4.79 Å². The van der Waals surface area contributed by atoms with Gasteiger partial charge in [-0.3, -0.25) is 0 Å². The number of methoxy groups -OCH3 is 1. The van der Waals surface area contributed by atoms with Crippen LogP contribution in [0.15, 0.2) is 18.2 Å². The van der Waals surface area contributed by atoms with Gasteiger partial charge in [0.05, 0.1) is 0 Å². The molecular formula is C10H9F3O5. The molecule has 0 aromatic heterocycles. The SMILES string of the molecule is COCOc1cc(OC(F)(F)F)ccc1C(=O)O. The normalized spacial score (nSPS) is 11.1. The second-order valence-electron chi connectivity index (χ2n) is 3.06. The summed E-state index contributed by atoms with van der Waals surface area (Å²) in [6, 6.07) is 2.67. The second-order valence-corrected chi connectivity index (χ2v) is 3.06. The van der Waals surface area contributed by atoms with Crippen molar-refractivity contribution < 1.29 is 37.3 Å². The number of rotatable bonds is 5. The first kappa shape index (κ1) is 14.1. The van der Waals surface area contributed by atoms with E-state index in [0.29, 0.717) is 0 Å². The highest BCUT2D eigenvalue weighted by Gasteiger charge is 2.31. The first-order valence-electron chi connectivity index (χ1n) is 4.58. The Morgan fingerprint density at radius 3 is 2.56 bits per heavy atom. The lowest BCUT2D eigenvalue weighted by Crippen LogP contribution is -2.17. The summed E-state index contributed by atoms with van der Waals surface area (Å²) in [4.78, 5) is 10.8. The van der Waals surface area contributed by atoms with Gasteiger partial charge in [0.1, 0.15) is 17.1 Å². The molecule has 0 bridgehead atoms. The third-order valence-electron chi connectivity index (χ3n) is 1.75. The minimum absolute atomic E-state index is 0.272. The molecule has 0 amide bonds. The molecule has 100 valence electrons. The van der Waals surface area contributed by atoms with E-state index in [1.807, 2.05) is 0 Å². The zero-order valence-electron chi connectivity index (χ0n) is 9.15. The van der Waals surface area contributed by atoms with E-state index in [2.05, 4.69) is 9.47 Å². The summed E-state index contributed by atoms with van der Waals surface area (Å²) in [5.41, 5.74) is -0.290. The molecule has 18 heavy (non-hydrogen) atoms. The highest BCUT2D eigenvalue weighted by molar-refractivity contribution is 5.91. The number of benzene rings is 1. The van der Waals surface area contributed by atoms with Crippen molar-refractivity contribution in [1.82, 2.24) is 0 Å². The highest BCUT2D eigenvalue weighted by Crippen LogP contribution is 2.29. The molecule has 0 saturated carbocycles. The Balaban J connectivity index is 3.01. The van der Waals surface area contributed by atoms with E-state index in [-0.39, 0.29) is 18.1 Å². The van der Waals surface area contributed by atoms with Crippen LogP contribution < -0.4 is 9.47 Å².